The van der Waals surface area contributed by atoms with Crippen LogP contribution < -0.4 is 0 Å². The Balaban J connectivity index is 2.41. The first-order chi connectivity index (χ1) is 7.79. The minimum absolute atomic E-state index is 0.346. The minimum Gasteiger partial charge on any atom is -0.377 e. The SMILES string of the molecule is COCc1nc(Cl)cc(-c2ccncc2)n1. The van der Waals surface area contributed by atoms with Crippen molar-refractivity contribution in [2.75, 3.05) is 7.11 Å². The van der Waals surface area contributed by atoms with Gasteiger partial charge < -0.3 is 4.74 Å². The van der Waals surface area contributed by atoms with Crippen molar-refractivity contribution in [3.8, 4) is 11.3 Å². The first-order valence-corrected chi connectivity index (χ1v) is 5.10. The number of pyridine rings is 1. The molecule has 0 bridgehead atoms. The van der Waals surface area contributed by atoms with Crippen LogP contribution in [0.15, 0.2) is 30.6 Å². The molecule has 2 rings (SSSR count). The van der Waals surface area contributed by atoms with Crippen molar-refractivity contribution < 1.29 is 4.74 Å². The van der Waals surface area contributed by atoms with Gasteiger partial charge in [-0.3, -0.25) is 4.98 Å². The highest BCUT2D eigenvalue weighted by molar-refractivity contribution is 6.29. The zero-order valence-corrected chi connectivity index (χ0v) is 9.48. The van der Waals surface area contributed by atoms with E-state index in [1.165, 1.54) is 0 Å². The van der Waals surface area contributed by atoms with E-state index in [1.807, 2.05) is 12.1 Å². The Hall–Kier alpha value is -1.52. The van der Waals surface area contributed by atoms with Crippen molar-refractivity contribution in [3.63, 3.8) is 0 Å². The maximum absolute atomic E-state index is 5.91. The van der Waals surface area contributed by atoms with E-state index in [-0.39, 0.29) is 0 Å². The molecule has 0 amide bonds. The Kier molecular flexibility index (Phi) is 3.44. The van der Waals surface area contributed by atoms with Crippen LogP contribution in [0.2, 0.25) is 5.15 Å². The van der Waals surface area contributed by atoms with Crippen LogP contribution in [0.1, 0.15) is 5.82 Å². The summed E-state index contributed by atoms with van der Waals surface area (Å²) in [5.41, 5.74) is 1.73. The molecular formula is C11H10ClN3O. The van der Waals surface area contributed by atoms with Crippen LogP contribution in [0.4, 0.5) is 0 Å². The van der Waals surface area contributed by atoms with E-state index in [0.29, 0.717) is 17.6 Å². The Labute approximate surface area is 98.3 Å². The maximum atomic E-state index is 5.91. The number of halogens is 1. The van der Waals surface area contributed by atoms with E-state index in [4.69, 9.17) is 16.3 Å². The summed E-state index contributed by atoms with van der Waals surface area (Å²) >= 11 is 5.91. The van der Waals surface area contributed by atoms with Crippen molar-refractivity contribution in [3.05, 3.63) is 41.6 Å². The van der Waals surface area contributed by atoms with E-state index in [2.05, 4.69) is 15.0 Å². The van der Waals surface area contributed by atoms with Gasteiger partial charge in [0, 0.05) is 31.1 Å². The number of hydrogen-bond acceptors (Lipinski definition) is 4. The molecule has 0 spiro atoms. The molecule has 2 aromatic rings. The summed E-state index contributed by atoms with van der Waals surface area (Å²) in [5, 5.41) is 0.411. The summed E-state index contributed by atoms with van der Waals surface area (Å²) in [4.78, 5) is 12.4. The van der Waals surface area contributed by atoms with Gasteiger partial charge in [-0.2, -0.15) is 0 Å². The molecule has 0 aliphatic carbocycles. The Morgan fingerprint density at radius 1 is 1.25 bits per heavy atom. The Morgan fingerprint density at radius 2 is 2.00 bits per heavy atom. The fourth-order valence-electron chi connectivity index (χ4n) is 1.33. The molecule has 5 heteroatoms. The largest absolute Gasteiger partial charge is 0.377 e. The fourth-order valence-corrected chi connectivity index (χ4v) is 1.53. The molecule has 0 aromatic carbocycles. The number of ether oxygens (including phenoxy) is 1. The molecule has 0 unspecified atom stereocenters. The lowest BCUT2D eigenvalue weighted by Crippen LogP contribution is -1.98. The maximum Gasteiger partial charge on any atom is 0.156 e. The van der Waals surface area contributed by atoms with Crippen molar-refractivity contribution >= 4 is 11.6 Å². The van der Waals surface area contributed by atoms with Gasteiger partial charge in [0.25, 0.3) is 0 Å². The first kappa shape index (κ1) is 11.0. The highest BCUT2D eigenvalue weighted by Crippen LogP contribution is 2.19. The lowest BCUT2D eigenvalue weighted by molar-refractivity contribution is 0.178. The average Bonchev–Trinajstić information content (AvgIpc) is 2.30. The molecule has 4 nitrogen and oxygen atoms in total. The molecule has 0 saturated heterocycles. The highest BCUT2D eigenvalue weighted by Gasteiger charge is 2.04. The van der Waals surface area contributed by atoms with Crippen LogP contribution >= 0.6 is 11.6 Å². The van der Waals surface area contributed by atoms with Gasteiger partial charge in [0.05, 0.1) is 5.69 Å². The molecule has 0 saturated carbocycles. The van der Waals surface area contributed by atoms with Crippen molar-refractivity contribution in [1.82, 2.24) is 15.0 Å². The smallest absolute Gasteiger partial charge is 0.156 e. The quantitative estimate of drug-likeness (QED) is 0.767. The van der Waals surface area contributed by atoms with Crippen LogP contribution in [0.5, 0.6) is 0 Å². The van der Waals surface area contributed by atoms with E-state index in [9.17, 15) is 0 Å². The molecule has 0 aliphatic rings. The van der Waals surface area contributed by atoms with Gasteiger partial charge in [0.1, 0.15) is 11.8 Å². The molecule has 0 radical (unpaired) electrons. The predicted octanol–water partition coefficient (Wildman–Crippen LogP) is 2.34. The molecule has 0 N–H and O–H groups in total. The molecule has 16 heavy (non-hydrogen) atoms. The van der Waals surface area contributed by atoms with Gasteiger partial charge in [-0.05, 0) is 12.1 Å². The zero-order valence-electron chi connectivity index (χ0n) is 8.72. The summed E-state index contributed by atoms with van der Waals surface area (Å²) in [7, 11) is 1.59. The number of hydrogen-bond donors (Lipinski definition) is 0. The lowest BCUT2D eigenvalue weighted by Gasteiger charge is -2.04. The van der Waals surface area contributed by atoms with E-state index in [0.717, 1.165) is 11.3 Å². The van der Waals surface area contributed by atoms with Gasteiger partial charge in [0.15, 0.2) is 5.82 Å². The van der Waals surface area contributed by atoms with Crippen LogP contribution in [0.3, 0.4) is 0 Å². The lowest BCUT2D eigenvalue weighted by atomic mass is 10.2. The van der Waals surface area contributed by atoms with E-state index >= 15 is 0 Å². The Bertz CT molecular complexity index is 476. The standard InChI is InChI=1S/C11H10ClN3O/c1-16-7-11-14-9(6-10(12)15-11)8-2-4-13-5-3-8/h2-6H,7H2,1H3. The summed E-state index contributed by atoms with van der Waals surface area (Å²) in [6.45, 7) is 0.346. The molecule has 2 aromatic heterocycles. The molecular weight excluding hydrogens is 226 g/mol. The van der Waals surface area contributed by atoms with Crippen molar-refractivity contribution in [1.29, 1.82) is 0 Å². The fraction of sp³-hybridized carbons (Fsp3) is 0.182. The van der Waals surface area contributed by atoms with E-state index in [1.54, 1.807) is 25.6 Å². The number of methoxy groups -OCH3 is 1. The van der Waals surface area contributed by atoms with Crippen LogP contribution in [0.25, 0.3) is 11.3 Å². The molecule has 0 fully saturated rings. The second-order valence-electron chi connectivity index (χ2n) is 3.16. The Morgan fingerprint density at radius 3 is 2.69 bits per heavy atom. The molecule has 82 valence electrons. The topological polar surface area (TPSA) is 47.9 Å². The van der Waals surface area contributed by atoms with Gasteiger partial charge in [-0.25, -0.2) is 9.97 Å². The third-order valence-electron chi connectivity index (χ3n) is 1.99. The van der Waals surface area contributed by atoms with Crippen LogP contribution in [0, 0.1) is 0 Å². The zero-order chi connectivity index (χ0) is 11.4. The van der Waals surface area contributed by atoms with Crippen molar-refractivity contribution in [2.45, 2.75) is 6.61 Å². The number of nitrogens with zero attached hydrogens (tertiary/aromatic N) is 3. The van der Waals surface area contributed by atoms with E-state index < -0.39 is 0 Å². The van der Waals surface area contributed by atoms with Crippen LogP contribution in [-0.2, 0) is 11.3 Å². The highest BCUT2D eigenvalue weighted by atomic mass is 35.5. The third kappa shape index (κ3) is 2.53. The average molecular weight is 236 g/mol. The van der Waals surface area contributed by atoms with Crippen LogP contribution in [-0.4, -0.2) is 22.1 Å². The van der Waals surface area contributed by atoms with Gasteiger partial charge >= 0.3 is 0 Å². The monoisotopic (exact) mass is 235 g/mol. The number of aromatic nitrogens is 3. The second kappa shape index (κ2) is 5.01. The minimum atomic E-state index is 0.346. The van der Waals surface area contributed by atoms with Gasteiger partial charge in [-0.15, -0.1) is 0 Å². The first-order valence-electron chi connectivity index (χ1n) is 4.72. The molecule has 2 heterocycles. The summed E-state index contributed by atoms with van der Waals surface area (Å²) < 4.78 is 4.98. The van der Waals surface area contributed by atoms with Gasteiger partial charge in [-0.1, -0.05) is 11.6 Å². The number of rotatable bonds is 3. The normalized spacial score (nSPS) is 10.4. The van der Waals surface area contributed by atoms with Crippen molar-refractivity contribution in [2.24, 2.45) is 0 Å². The summed E-state index contributed by atoms with van der Waals surface area (Å²) in [6, 6.07) is 5.46. The van der Waals surface area contributed by atoms with Gasteiger partial charge in [0.2, 0.25) is 0 Å². The summed E-state index contributed by atoms with van der Waals surface area (Å²) in [5.74, 6) is 0.571. The molecule has 0 aliphatic heterocycles. The molecule has 0 atom stereocenters. The second-order valence-corrected chi connectivity index (χ2v) is 3.55. The summed E-state index contributed by atoms with van der Waals surface area (Å²) in [6.07, 6.45) is 3.42. The third-order valence-corrected chi connectivity index (χ3v) is 2.18. The predicted molar refractivity (Wildman–Crippen MR) is 61.0 cm³/mol.